The minimum Gasteiger partial charge on any atom is -0.328 e. The SMILES string of the molecule is C=C1CC[C@@H](C2(OCC)OCCO2)[C@H]2CC=CC[C@H]12. The van der Waals surface area contributed by atoms with E-state index >= 15 is 0 Å². The van der Waals surface area contributed by atoms with Crippen LogP contribution in [0.4, 0.5) is 0 Å². The lowest BCUT2D eigenvalue weighted by Crippen LogP contribution is -2.49. The van der Waals surface area contributed by atoms with Crippen molar-refractivity contribution in [3.05, 3.63) is 24.3 Å². The first kappa shape index (κ1) is 13.3. The molecule has 3 nitrogen and oxygen atoms in total. The van der Waals surface area contributed by atoms with E-state index in [4.69, 9.17) is 14.2 Å². The van der Waals surface area contributed by atoms with Crippen LogP contribution in [0.2, 0.25) is 0 Å². The van der Waals surface area contributed by atoms with Crippen LogP contribution < -0.4 is 0 Å². The topological polar surface area (TPSA) is 27.7 Å². The van der Waals surface area contributed by atoms with Gasteiger partial charge in [0.05, 0.1) is 13.2 Å². The summed E-state index contributed by atoms with van der Waals surface area (Å²) in [7, 11) is 0. The maximum Gasteiger partial charge on any atom is 0.286 e. The fourth-order valence-corrected chi connectivity index (χ4v) is 3.94. The van der Waals surface area contributed by atoms with Crippen LogP contribution in [0.25, 0.3) is 0 Å². The molecule has 0 aromatic carbocycles. The third-order valence-corrected chi connectivity index (χ3v) is 4.79. The largest absolute Gasteiger partial charge is 0.328 e. The van der Waals surface area contributed by atoms with Gasteiger partial charge in [-0.05, 0) is 44.4 Å². The first-order chi connectivity index (χ1) is 9.27. The van der Waals surface area contributed by atoms with Gasteiger partial charge in [0.25, 0.3) is 5.97 Å². The third-order valence-electron chi connectivity index (χ3n) is 4.79. The van der Waals surface area contributed by atoms with Crippen LogP contribution in [-0.2, 0) is 14.2 Å². The average Bonchev–Trinajstić information content (AvgIpc) is 2.89. The summed E-state index contributed by atoms with van der Waals surface area (Å²) in [5, 5.41) is 0. The molecule has 1 aliphatic heterocycles. The number of hydrogen-bond acceptors (Lipinski definition) is 3. The lowest BCUT2D eigenvalue weighted by molar-refractivity contribution is -0.368. The Bertz CT molecular complexity index is 368. The molecule has 0 unspecified atom stereocenters. The van der Waals surface area contributed by atoms with Gasteiger partial charge in [0.2, 0.25) is 0 Å². The van der Waals surface area contributed by atoms with Crippen molar-refractivity contribution in [2.75, 3.05) is 19.8 Å². The average molecular weight is 264 g/mol. The highest BCUT2D eigenvalue weighted by Crippen LogP contribution is 2.50. The molecule has 19 heavy (non-hydrogen) atoms. The summed E-state index contributed by atoms with van der Waals surface area (Å²) in [6.45, 7) is 8.20. The summed E-state index contributed by atoms with van der Waals surface area (Å²) >= 11 is 0. The van der Waals surface area contributed by atoms with Crippen molar-refractivity contribution in [1.29, 1.82) is 0 Å². The van der Waals surface area contributed by atoms with Gasteiger partial charge in [-0.2, -0.15) is 0 Å². The smallest absolute Gasteiger partial charge is 0.286 e. The zero-order valence-electron chi connectivity index (χ0n) is 11.8. The van der Waals surface area contributed by atoms with Gasteiger partial charge in [-0.15, -0.1) is 0 Å². The molecule has 3 rings (SSSR count). The fraction of sp³-hybridized carbons (Fsp3) is 0.750. The van der Waals surface area contributed by atoms with Gasteiger partial charge in [-0.25, -0.2) is 0 Å². The summed E-state index contributed by atoms with van der Waals surface area (Å²) in [4.78, 5) is 0. The highest BCUT2D eigenvalue weighted by atomic mass is 16.9. The van der Waals surface area contributed by atoms with E-state index < -0.39 is 5.97 Å². The second-order valence-electron chi connectivity index (χ2n) is 5.75. The van der Waals surface area contributed by atoms with E-state index in [1.807, 2.05) is 6.92 Å². The molecule has 0 aromatic heterocycles. The monoisotopic (exact) mass is 264 g/mol. The molecule has 2 fully saturated rings. The molecule has 3 heteroatoms. The molecule has 0 bridgehead atoms. The van der Waals surface area contributed by atoms with E-state index in [9.17, 15) is 0 Å². The molecule has 0 N–H and O–H groups in total. The Kier molecular flexibility index (Phi) is 3.79. The van der Waals surface area contributed by atoms with Crippen LogP contribution in [0.5, 0.6) is 0 Å². The molecule has 0 amide bonds. The molecule has 3 atom stereocenters. The van der Waals surface area contributed by atoms with Gasteiger partial charge in [0.1, 0.15) is 0 Å². The second-order valence-corrected chi connectivity index (χ2v) is 5.75. The Labute approximate surface area is 115 Å². The Balaban J connectivity index is 1.86. The molecule has 2 aliphatic carbocycles. The highest BCUT2D eigenvalue weighted by molar-refractivity contribution is 5.15. The van der Waals surface area contributed by atoms with Gasteiger partial charge in [-0.1, -0.05) is 24.3 Å². The van der Waals surface area contributed by atoms with Crippen molar-refractivity contribution in [2.24, 2.45) is 17.8 Å². The summed E-state index contributed by atoms with van der Waals surface area (Å²) in [5.41, 5.74) is 1.40. The van der Waals surface area contributed by atoms with E-state index in [-0.39, 0.29) is 0 Å². The van der Waals surface area contributed by atoms with Gasteiger partial charge in [0, 0.05) is 12.5 Å². The zero-order chi connectivity index (χ0) is 13.3. The molecule has 0 aromatic rings. The Hall–Kier alpha value is -0.640. The third kappa shape index (κ3) is 2.28. The molecule has 0 spiro atoms. The maximum absolute atomic E-state index is 5.92. The number of rotatable bonds is 3. The van der Waals surface area contributed by atoms with E-state index in [0.717, 1.165) is 25.7 Å². The minimum absolute atomic E-state index is 0.329. The van der Waals surface area contributed by atoms with Gasteiger partial charge in [0.15, 0.2) is 0 Å². The normalized spacial score (nSPS) is 37.3. The zero-order valence-corrected chi connectivity index (χ0v) is 11.8. The molecular weight excluding hydrogens is 240 g/mol. The standard InChI is InChI=1S/C16H24O3/c1-3-17-16(18-10-11-19-16)15-9-8-12(2)13-6-4-5-7-14(13)15/h4-5,13-15H,2-3,6-11H2,1H3/t13-,14+,15-/m1/s1. The van der Waals surface area contributed by atoms with E-state index in [2.05, 4.69) is 18.7 Å². The highest BCUT2D eigenvalue weighted by Gasteiger charge is 2.52. The quantitative estimate of drug-likeness (QED) is 0.732. The van der Waals surface area contributed by atoms with Gasteiger partial charge < -0.3 is 14.2 Å². The minimum atomic E-state index is -0.788. The summed E-state index contributed by atoms with van der Waals surface area (Å²) < 4.78 is 17.7. The maximum atomic E-state index is 5.92. The molecule has 0 radical (unpaired) electrons. The number of hydrogen-bond donors (Lipinski definition) is 0. The predicted molar refractivity (Wildman–Crippen MR) is 73.5 cm³/mol. The Morgan fingerprint density at radius 3 is 2.79 bits per heavy atom. The van der Waals surface area contributed by atoms with Crippen LogP contribution in [0, 0.1) is 17.8 Å². The van der Waals surface area contributed by atoms with Crippen molar-refractivity contribution in [3.8, 4) is 0 Å². The molecule has 3 aliphatic rings. The van der Waals surface area contributed by atoms with Crippen LogP contribution in [-0.4, -0.2) is 25.8 Å². The van der Waals surface area contributed by atoms with Crippen molar-refractivity contribution in [2.45, 2.75) is 38.6 Å². The van der Waals surface area contributed by atoms with Crippen molar-refractivity contribution in [3.63, 3.8) is 0 Å². The molecular formula is C16H24O3. The summed E-state index contributed by atoms with van der Waals surface area (Å²) in [6.07, 6.45) is 8.92. The van der Waals surface area contributed by atoms with Gasteiger partial charge in [-0.3, -0.25) is 0 Å². The Morgan fingerprint density at radius 2 is 2.05 bits per heavy atom. The van der Waals surface area contributed by atoms with Crippen molar-refractivity contribution < 1.29 is 14.2 Å². The van der Waals surface area contributed by atoms with Crippen LogP contribution in [0.3, 0.4) is 0 Å². The van der Waals surface area contributed by atoms with E-state index in [1.165, 1.54) is 5.57 Å². The molecule has 1 heterocycles. The lowest BCUT2D eigenvalue weighted by Gasteiger charge is -2.46. The molecule has 106 valence electrons. The Morgan fingerprint density at radius 1 is 1.32 bits per heavy atom. The van der Waals surface area contributed by atoms with Crippen molar-refractivity contribution in [1.82, 2.24) is 0 Å². The number of fused-ring (bicyclic) bond motifs is 1. The predicted octanol–water partition coefficient (Wildman–Crippen LogP) is 3.27. The molecule has 1 saturated heterocycles. The second kappa shape index (κ2) is 5.39. The lowest BCUT2D eigenvalue weighted by atomic mass is 9.64. The first-order valence-electron chi connectivity index (χ1n) is 7.51. The van der Waals surface area contributed by atoms with E-state index in [1.54, 1.807) is 0 Å². The van der Waals surface area contributed by atoms with E-state index in [0.29, 0.717) is 37.6 Å². The van der Waals surface area contributed by atoms with Crippen LogP contribution in [0.1, 0.15) is 32.6 Å². The van der Waals surface area contributed by atoms with Crippen molar-refractivity contribution >= 4 is 0 Å². The summed E-state index contributed by atoms with van der Waals surface area (Å²) in [5.74, 6) is 0.670. The number of allylic oxidation sites excluding steroid dienone is 3. The fourth-order valence-electron chi connectivity index (χ4n) is 3.94. The van der Waals surface area contributed by atoms with Crippen LogP contribution >= 0.6 is 0 Å². The van der Waals surface area contributed by atoms with Gasteiger partial charge >= 0.3 is 0 Å². The first-order valence-corrected chi connectivity index (χ1v) is 7.51. The van der Waals surface area contributed by atoms with Crippen LogP contribution in [0.15, 0.2) is 24.3 Å². The molecule has 1 saturated carbocycles. The number of ether oxygens (including phenoxy) is 3. The summed E-state index contributed by atoms with van der Waals surface area (Å²) in [6, 6.07) is 0.